The maximum Gasteiger partial charge on any atom is 0.414 e. The molecule has 0 radical (unpaired) electrons. The molecule has 4 atom stereocenters. The van der Waals surface area contributed by atoms with Crippen molar-refractivity contribution in [2.45, 2.75) is 43.7 Å². The van der Waals surface area contributed by atoms with Gasteiger partial charge >= 0.3 is 6.09 Å². The number of carbonyl (C=O) groups is 2. The molecule has 8 nitrogen and oxygen atoms in total. The van der Waals surface area contributed by atoms with Crippen molar-refractivity contribution in [3.63, 3.8) is 0 Å². The summed E-state index contributed by atoms with van der Waals surface area (Å²) >= 11 is 0. The van der Waals surface area contributed by atoms with E-state index in [1.54, 1.807) is 12.0 Å². The zero-order valence-corrected chi connectivity index (χ0v) is 21.5. The van der Waals surface area contributed by atoms with E-state index in [4.69, 9.17) is 14.2 Å². The van der Waals surface area contributed by atoms with Gasteiger partial charge in [-0.05, 0) is 42.3 Å². The number of fused-ring (bicyclic) bond motifs is 2. The standard InChI is InChI=1S/C26H32N2O6Si/c1-16-23(35(3,4)19-8-6-18(32-2)7-9-19)22(11-13-29)34-26(16)20-15-17(28-12-14-33-25(28)31)5-10-21(20)27-24(26)30/h5-10,15-16,22-23,29H,11-14H2,1-4H3,(H,27,30)/t16-,22+,23-,26+/m0/s1. The molecule has 3 aliphatic rings. The van der Waals surface area contributed by atoms with Crippen LogP contribution < -0.4 is 20.1 Å². The predicted molar refractivity (Wildman–Crippen MR) is 135 cm³/mol. The molecule has 35 heavy (non-hydrogen) atoms. The summed E-state index contributed by atoms with van der Waals surface area (Å²) in [6.45, 7) is 7.47. The number of hydrogen-bond acceptors (Lipinski definition) is 6. The summed E-state index contributed by atoms with van der Waals surface area (Å²) in [5, 5.41) is 14.2. The smallest absolute Gasteiger partial charge is 0.414 e. The number of benzene rings is 2. The third-order valence-corrected chi connectivity index (χ3v) is 12.4. The summed E-state index contributed by atoms with van der Waals surface area (Å²) < 4.78 is 17.2. The molecule has 2 saturated heterocycles. The number of carbonyl (C=O) groups excluding carboxylic acids is 2. The molecule has 0 aromatic heterocycles. The Labute approximate surface area is 206 Å². The van der Waals surface area contributed by atoms with E-state index >= 15 is 0 Å². The lowest BCUT2D eigenvalue weighted by atomic mass is 9.82. The van der Waals surface area contributed by atoms with Gasteiger partial charge in [-0.25, -0.2) is 4.79 Å². The topological polar surface area (TPSA) is 97.3 Å². The summed E-state index contributed by atoms with van der Waals surface area (Å²) in [7, 11) is -0.546. The normalized spacial score (nSPS) is 27.8. The van der Waals surface area contributed by atoms with E-state index in [0.29, 0.717) is 30.9 Å². The van der Waals surface area contributed by atoms with Gasteiger partial charge in [0.1, 0.15) is 12.4 Å². The Kier molecular flexibility index (Phi) is 5.89. The van der Waals surface area contributed by atoms with Crippen LogP contribution in [-0.2, 0) is 19.9 Å². The average Bonchev–Trinajstić information content (AvgIpc) is 3.49. The first kappa shape index (κ1) is 23.8. The largest absolute Gasteiger partial charge is 0.497 e. The number of nitrogens with zero attached hydrogens (tertiary/aromatic N) is 1. The minimum atomic E-state index is -2.20. The first-order valence-corrected chi connectivity index (χ1v) is 15.1. The maximum absolute atomic E-state index is 13.6. The van der Waals surface area contributed by atoms with Crippen LogP contribution in [0.2, 0.25) is 18.6 Å². The summed E-state index contributed by atoms with van der Waals surface area (Å²) in [5.41, 5.74) is 1.02. The maximum atomic E-state index is 13.6. The molecule has 186 valence electrons. The van der Waals surface area contributed by atoms with Crippen molar-refractivity contribution in [1.29, 1.82) is 0 Å². The summed E-state index contributed by atoms with van der Waals surface area (Å²) in [5.74, 6) is 0.464. The highest BCUT2D eigenvalue weighted by atomic mass is 28.3. The molecule has 2 fully saturated rings. The van der Waals surface area contributed by atoms with Gasteiger partial charge in [-0.2, -0.15) is 0 Å². The van der Waals surface area contributed by atoms with Crippen molar-refractivity contribution in [3.05, 3.63) is 48.0 Å². The Bertz CT molecular complexity index is 1150. The Morgan fingerprint density at radius 3 is 2.57 bits per heavy atom. The Balaban J connectivity index is 1.58. The monoisotopic (exact) mass is 496 g/mol. The molecular weight excluding hydrogens is 464 g/mol. The first-order chi connectivity index (χ1) is 16.7. The van der Waals surface area contributed by atoms with Gasteiger partial charge in [-0.3, -0.25) is 9.69 Å². The van der Waals surface area contributed by atoms with Crippen LogP contribution in [0, 0.1) is 5.92 Å². The molecule has 9 heteroatoms. The van der Waals surface area contributed by atoms with Crippen molar-refractivity contribution in [3.8, 4) is 5.75 Å². The number of aliphatic hydroxyl groups excluding tert-OH is 1. The van der Waals surface area contributed by atoms with Crippen molar-refractivity contribution >= 4 is 36.6 Å². The summed E-state index contributed by atoms with van der Waals surface area (Å²) in [4.78, 5) is 27.4. The lowest BCUT2D eigenvalue weighted by Crippen LogP contribution is -2.51. The lowest BCUT2D eigenvalue weighted by molar-refractivity contribution is -0.143. The van der Waals surface area contributed by atoms with Gasteiger partial charge in [0.05, 0.1) is 27.8 Å². The molecule has 3 aliphatic heterocycles. The highest BCUT2D eigenvalue weighted by Gasteiger charge is 2.64. The Morgan fingerprint density at radius 2 is 1.94 bits per heavy atom. The molecule has 5 rings (SSSR count). The fourth-order valence-electron chi connectivity index (χ4n) is 6.31. The van der Waals surface area contributed by atoms with Crippen molar-refractivity contribution in [2.75, 3.05) is 37.1 Å². The highest BCUT2D eigenvalue weighted by molar-refractivity contribution is 6.91. The molecule has 2 N–H and O–H groups in total. The van der Waals surface area contributed by atoms with Crippen LogP contribution in [0.5, 0.6) is 5.75 Å². The molecule has 3 heterocycles. The van der Waals surface area contributed by atoms with E-state index in [0.717, 1.165) is 11.3 Å². The number of nitrogens with one attached hydrogen (secondary N) is 1. The number of amides is 2. The Morgan fingerprint density at radius 1 is 1.20 bits per heavy atom. The van der Waals surface area contributed by atoms with Gasteiger partial charge in [0, 0.05) is 29.5 Å². The fourth-order valence-corrected chi connectivity index (χ4v) is 10.4. The fraction of sp³-hybridized carbons (Fsp3) is 0.462. The van der Waals surface area contributed by atoms with Gasteiger partial charge in [0.25, 0.3) is 5.91 Å². The van der Waals surface area contributed by atoms with Crippen LogP contribution >= 0.6 is 0 Å². The SMILES string of the molecule is COc1ccc([Si](C)(C)[C@@H]2[C@@H](CCO)O[C@]3(C(=O)Nc4ccc(N5CCOC5=O)cc43)[C@H]2C)cc1. The van der Waals surface area contributed by atoms with E-state index in [-0.39, 0.29) is 36.2 Å². The van der Waals surface area contributed by atoms with E-state index in [2.05, 4.69) is 37.5 Å². The zero-order valence-electron chi connectivity index (χ0n) is 20.5. The van der Waals surface area contributed by atoms with Gasteiger partial charge in [0.2, 0.25) is 0 Å². The number of ether oxygens (including phenoxy) is 3. The second kappa shape index (κ2) is 8.65. The van der Waals surface area contributed by atoms with Crippen LogP contribution in [-0.4, -0.2) is 58.2 Å². The number of hydrogen-bond donors (Lipinski definition) is 2. The number of rotatable bonds is 6. The van der Waals surface area contributed by atoms with E-state index < -0.39 is 13.7 Å². The van der Waals surface area contributed by atoms with Crippen LogP contribution in [0.25, 0.3) is 0 Å². The molecule has 2 aromatic rings. The second-order valence-corrected chi connectivity index (χ2v) is 14.8. The third kappa shape index (κ3) is 3.56. The quantitative estimate of drug-likeness (QED) is 0.596. The lowest BCUT2D eigenvalue weighted by Gasteiger charge is -2.37. The molecule has 0 bridgehead atoms. The van der Waals surface area contributed by atoms with Gasteiger partial charge in [0.15, 0.2) is 5.60 Å². The molecule has 0 unspecified atom stereocenters. The number of aliphatic hydroxyl groups is 1. The predicted octanol–water partition coefficient (Wildman–Crippen LogP) is 3.20. The highest BCUT2D eigenvalue weighted by Crippen LogP contribution is 2.58. The van der Waals surface area contributed by atoms with E-state index in [9.17, 15) is 14.7 Å². The molecule has 0 saturated carbocycles. The Hall–Kier alpha value is -2.88. The second-order valence-electron chi connectivity index (χ2n) is 10.1. The summed E-state index contributed by atoms with van der Waals surface area (Å²) in [6, 6.07) is 13.7. The average molecular weight is 497 g/mol. The molecule has 2 aromatic carbocycles. The number of cyclic esters (lactones) is 1. The zero-order chi connectivity index (χ0) is 25.0. The number of methoxy groups -OCH3 is 1. The van der Waals surface area contributed by atoms with E-state index in [1.807, 2.05) is 30.3 Å². The number of anilines is 2. The van der Waals surface area contributed by atoms with Gasteiger partial charge in [-0.15, -0.1) is 0 Å². The molecule has 2 amide bonds. The van der Waals surface area contributed by atoms with Gasteiger partial charge in [-0.1, -0.05) is 37.3 Å². The van der Waals surface area contributed by atoms with Gasteiger partial charge < -0.3 is 24.6 Å². The van der Waals surface area contributed by atoms with Crippen LogP contribution in [0.1, 0.15) is 18.9 Å². The summed E-state index contributed by atoms with van der Waals surface area (Å²) in [6.07, 6.45) is -0.221. The third-order valence-electron chi connectivity index (χ3n) is 8.06. The van der Waals surface area contributed by atoms with Crippen molar-refractivity contribution in [1.82, 2.24) is 0 Å². The molecular formula is C26H32N2O6Si. The van der Waals surface area contributed by atoms with Crippen molar-refractivity contribution < 1.29 is 28.9 Å². The molecule has 0 aliphatic carbocycles. The van der Waals surface area contributed by atoms with Crippen molar-refractivity contribution in [2.24, 2.45) is 5.92 Å². The van der Waals surface area contributed by atoms with Crippen LogP contribution in [0.3, 0.4) is 0 Å². The van der Waals surface area contributed by atoms with Crippen LogP contribution in [0.4, 0.5) is 16.2 Å². The molecule has 1 spiro atoms. The van der Waals surface area contributed by atoms with E-state index in [1.165, 1.54) is 5.19 Å². The van der Waals surface area contributed by atoms with Crippen LogP contribution in [0.15, 0.2) is 42.5 Å². The minimum Gasteiger partial charge on any atom is -0.497 e. The minimum absolute atomic E-state index is 0.0226. The first-order valence-electron chi connectivity index (χ1n) is 12.1.